The van der Waals surface area contributed by atoms with Gasteiger partial charge < -0.3 is 19.9 Å². The van der Waals surface area contributed by atoms with Crippen LogP contribution in [-0.2, 0) is 6.54 Å². The second-order valence-electron chi connectivity index (χ2n) is 3.62. The zero-order valence-corrected chi connectivity index (χ0v) is 8.69. The van der Waals surface area contributed by atoms with Gasteiger partial charge in [-0.2, -0.15) is 0 Å². The molecule has 1 aromatic rings. The first-order valence-corrected chi connectivity index (χ1v) is 5.03. The first-order chi connectivity index (χ1) is 7.31. The molecule has 15 heavy (non-hydrogen) atoms. The monoisotopic (exact) mass is 209 g/mol. The molecule has 1 aliphatic heterocycles. The second kappa shape index (κ2) is 4.51. The highest BCUT2D eigenvalue weighted by atomic mass is 16.7. The van der Waals surface area contributed by atoms with E-state index in [1.807, 2.05) is 25.1 Å². The lowest BCUT2D eigenvalue weighted by Crippen LogP contribution is -2.28. The zero-order valence-electron chi connectivity index (χ0n) is 8.69. The highest BCUT2D eigenvalue weighted by Gasteiger charge is 2.16. The molecule has 0 bridgehead atoms. The standard InChI is InChI=1S/C11H15NO3/c1-8(6-13)12-5-9-3-2-4-10-11(9)15-7-14-10/h2-4,8,12-13H,5-7H2,1H3/t8-/m1/s1. The van der Waals surface area contributed by atoms with E-state index in [0.717, 1.165) is 17.1 Å². The van der Waals surface area contributed by atoms with Crippen molar-refractivity contribution in [3.63, 3.8) is 0 Å². The van der Waals surface area contributed by atoms with Crippen molar-refractivity contribution in [2.75, 3.05) is 13.4 Å². The Morgan fingerprint density at radius 3 is 3.13 bits per heavy atom. The van der Waals surface area contributed by atoms with Crippen molar-refractivity contribution in [3.8, 4) is 11.5 Å². The van der Waals surface area contributed by atoms with Gasteiger partial charge in [-0.05, 0) is 13.0 Å². The molecule has 4 nitrogen and oxygen atoms in total. The van der Waals surface area contributed by atoms with Crippen molar-refractivity contribution in [1.82, 2.24) is 5.32 Å². The highest BCUT2D eigenvalue weighted by Crippen LogP contribution is 2.35. The van der Waals surface area contributed by atoms with Crippen LogP contribution in [0.25, 0.3) is 0 Å². The molecule has 4 heteroatoms. The van der Waals surface area contributed by atoms with Crippen LogP contribution in [0.5, 0.6) is 11.5 Å². The number of fused-ring (bicyclic) bond motifs is 1. The lowest BCUT2D eigenvalue weighted by molar-refractivity contribution is 0.173. The summed E-state index contributed by atoms with van der Waals surface area (Å²) in [6, 6.07) is 5.91. The Morgan fingerprint density at radius 1 is 1.47 bits per heavy atom. The van der Waals surface area contributed by atoms with E-state index < -0.39 is 0 Å². The third-order valence-corrected chi connectivity index (χ3v) is 2.39. The number of hydrogen-bond donors (Lipinski definition) is 2. The van der Waals surface area contributed by atoms with Crippen molar-refractivity contribution in [2.45, 2.75) is 19.5 Å². The van der Waals surface area contributed by atoms with Crippen LogP contribution in [0.3, 0.4) is 0 Å². The molecule has 1 aromatic carbocycles. The van der Waals surface area contributed by atoms with E-state index in [2.05, 4.69) is 5.32 Å². The molecular weight excluding hydrogens is 194 g/mol. The third kappa shape index (κ3) is 2.22. The minimum atomic E-state index is 0.0863. The van der Waals surface area contributed by atoms with E-state index in [0.29, 0.717) is 13.3 Å². The third-order valence-electron chi connectivity index (χ3n) is 2.39. The van der Waals surface area contributed by atoms with Crippen LogP contribution in [0.2, 0.25) is 0 Å². The fraction of sp³-hybridized carbons (Fsp3) is 0.455. The number of rotatable bonds is 4. The largest absolute Gasteiger partial charge is 0.454 e. The first kappa shape index (κ1) is 10.3. The predicted molar refractivity (Wildman–Crippen MR) is 56.0 cm³/mol. The molecule has 82 valence electrons. The van der Waals surface area contributed by atoms with E-state index in [4.69, 9.17) is 14.6 Å². The Morgan fingerprint density at radius 2 is 2.33 bits per heavy atom. The van der Waals surface area contributed by atoms with Gasteiger partial charge in [0, 0.05) is 18.2 Å². The minimum absolute atomic E-state index is 0.0863. The lowest BCUT2D eigenvalue weighted by Gasteiger charge is -2.11. The summed E-state index contributed by atoms with van der Waals surface area (Å²) in [4.78, 5) is 0. The normalized spacial score (nSPS) is 15.3. The maximum absolute atomic E-state index is 8.89. The van der Waals surface area contributed by atoms with Crippen LogP contribution < -0.4 is 14.8 Å². The van der Waals surface area contributed by atoms with Gasteiger partial charge in [-0.1, -0.05) is 12.1 Å². The van der Waals surface area contributed by atoms with Crippen LogP contribution >= 0.6 is 0 Å². The Labute approximate surface area is 88.8 Å². The molecule has 0 fully saturated rings. The number of ether oxygens (including phenoxy) is 2. The Bertz CT molecular complexity index is 341. The molecular formula is C11H15NO3. The average Bonchev–Trinajstić information content (AvgIpc) is 2.74. The Kier molecular flexibility index (Phi) is 3.08. The molecule has 0 aromatic heterocycles. The smallest absolute Gasteiger partial charge is 0.231 e. The van der Waals surface area contributed by atoms with E-state index in [1.54, 1.807) is 0 Å². The van der Waals surface area contributed by atoms with Crippen molar-refractivity contribution in [1.29, 1.82) is 0 Å². The first-order valence-electron chi connectivity index (χ1n) is 5.03. The maximum Gasteiger partial charge on any atom is 0.231 e. The summed E-state index contributed by atoms with van der Waals surface area (Å²) < 4.78 is 10.6. The molecule has 0 radical (unpaired) electrons. The van der Waals surface area contributed by atoms with Gasteiger partial charge in [0.25, 0.3) is 0 Å². The number of benzene rings is 1. The molecule has 0 unspecified atom stereocenters. The molecule has 1 atom stereocenters. The van der Waals surface area contributed by atoms with Crippen molar-refractivity contribution >= 4 is 0 Å². The quantitative estimate of drug-likeness (QED) is 0.773. The van der Waals surface area contributed by atoms with Gasteiger partial charge >= 0.3 is 0 Å². The molecule has 0 spiro atoms. The van der Waals surface area contributed by atoms with Gasteiger partial charge in [-0.25, -0.2) is 0 Å². The maximum atomic E-state index is 8.89. The Balaban J connectivity index is 2.06. The molecule has 0 aliphatic carbocycles. The minimum Gasteiger partial charge on any atom is -0.454 e. The molecule has 1 aliphatic rings. The second-order valence-corrected chi connectivity index (χ2v) is 3.62. The topological polar surface area (TPSA) is 50.7 Å². The molecule has 2 rings (SSSR count). The summed E-state index contributed by atoms with van der Waals surface area (Å²) in [5, 5.41) is 12.1. The number of aliphatic hydroxyl groups is 1. The summed E-state index contributed by atoms with van der Waals surface area (Å²) >= 11 is 0. The number of aliphatic hydroxyl groups excluding tert-OH is 1. The van der Waals surface area contributed by atoms with E-state index in [9.17, 15) is 0 Å². The fourth-order valence-electron chi connectivity index (χ4n) is 1.48. The zero-order chi connectivity index (χ0) is 10.7. The van der Waals surface area contributed by atoms with Gasteiger partial charge in [0.05, 0.1) is 6.61 Å². The Hall–Kier alpha value is -1.26. The van der Waals surface area contributed by atoms with Gasteiger partial charge in [-0.3, -0.25) is 0 Å². The van der Waals surface area contributed by atoms with E-state index >= 15 is 0 Å². The summed E-state index contributed by atoms with van der Waals surface area (Å²) in [6.45, 7) is 3.03. The van der Waals surface area contributed by atoms with Crippen molar-refractivity contribution in [2.24, 2.45) is 0 Å². The van der Waals surface area contributed by atoms with Crippen LogP contribution in [-0.4, -0.2) is 24.5 Å². The average molecular weight is 209 g/mol. The number of para-hydroxylation sites is 1. The molecule has 0 saturated heterocycles. The molecule has 1 heterocycles. The van der Waals surface area contributed by atoms with Crippen LogP contribution in [0.4, 0.5) is 0 Å². The predicted octanol–water partition coefficient (Wildman–Crippen LogP) is 0.886. The van der Waals surface area contributed by atoms with Gasteiger partial charge in [0.1, 0.15) is 0 Å². The number of nitrogens with one attached hydrogen (secondary N) is 1. The van der Waals surface area contributed by atoms with Crippen LogP contribution in [0.1, 0.15) is 12.5 Å². The summed E-state index contributed by atoms with van der Waals surface area (Å²) in [7, 11) is 0. The number of hydrogen-bond acceptors (Lipinski definition) is 4. The SMILES string of the molecule is C[C@H](CO)NCc1cccc2c1OCO2. The van der Waals surface area contributed by atoms with E-state index in [1.165, 1.54) is 0 Å². The summed E-state index contributed by atoms with van der Waals surface area (Å²) in [5.74, 6) is 1.61. The van der Waals surface area contributed by atoms with Gasteiger partial charge in [0.15, 0.2) is 11.5 Å². The fourth-order valence-corrected chi connectivity index (χ4v) is 1.48. The van der Waals surface area contributed by atoms with Crippen molar-refractivity contribution in [3.05, 3.63) is 23.8 Å². The van der Waals surface area contributed by atoms with Crippen LogP contribution in [0, 0.1) is 0 Å². The molecule has 0 amide bonds. The van der Waals surface area contributed by atoms with E-state index in [-0.39, 0.29) is 12.6 Å². The lowest BCUT2D eigenvalue weighted by atomic mass is 10.2. The highest BCUT2D eigenvalue weighted by molar-refractivity contribution is 5.48. The molecule has 2 N–H and O–H groups in total. The van der Waals surface area contributed by atoms with Crippen molar-refractivity contribution < 1.29 is 14.6 Å². The van der Waals surface area contributed by atoms with Gasteiger partial charge in [-0.15, -0.1) is 0 Å². The van der Waals surface area contributed by atoms with Crippen LogP contribution in [0.15, 0.2) is 18.2 Å². The summed E-state index contributed by atoms with van der Waals surface area (Å²) in [6.07, 6.45) is 0. The molecule has 0 saturated carbocycles. The van der Waals surface area contributed by atoms with Gasteiger partial charge in [0.2, 0.25) is 6.79 Å². The summed E-state index contributed by atoms with van der Waals surface area (Å²) in [5.41, 5.74) is 1.06.